The van der Waals surface area contributed by atoms with Crippen molar-refractivity contribution in [3.05, 3.63) is 58.7 Å². The maximum atomic E-state index is 11.2. The first-order valence-corrected chi connectivity index (χ1v) is 12.3. The normalized spacial score (nSPS) is 11.0. The van der Waals surface area contributed by atoms with E-state index < -0.39 is 0 Å². The molecule has 1 unspecified atom stereocenters. The number of aromatic hydroxyl groups is 1. The molecule has 1 atom stereocenters. The summed E-state index contributed by atoms with van der Waals surface area (Å²) >= 11 is 0. The lowest BCUT2D eigenvalue weighted by atomic mass is 9.91. The van der Waals surface area contributed by atoms with Crippen LogP contribution in [0.5, 0.6) is 11.5 Å². The Balaban J connectivity index is 0.000000602. The predicted molar refractivity (Wildman–Crippen MR) is 139 cm³/mol. The Bertz CT molecular complexity index is 794. The fraction of sp³-hybridized carbons (Fsp3) is 0.552. The summed E-state index contributed by atoms with van der Waals surface area (Å²) in [5.74, 6) is 2.20. The third-order valence-corrected chi connectivity index (χ3v) is 5.44. The van der Waals surface area contributed by atoms with Gasteiger partial charge in [0.25, 0.3) is 0 Å². The van der Waals surface area contributed by atoms with Gasteiger partial charge in [0.15, 0.2) is 6.61 Å². The van der Waals surface area contributed by atoms with Gasteiger partial charge in [-0.25, -0.2) is 4.79 Å². The van der Waals surface area contributed by atoms with Crippen molar-refractivity contribution in [3.63, 3.8) is 0 Å². The molecular weight excluding hydrogens is 412 g/mol. The maximum Gasteiger partial charge on any atom is 0.344 e. The highest BCUT2D eigenvalue weighted by Crippen LogP contribution is 2.24. The van der Waals surface area contributed by atoms with E-state index in [-0.39, 0.29) is 12.6 Å². The highest BCUT2D eigenvalue weighted by atomic mass is 16.6. The quantitative estimate of drug-likeness (QED) is 0.396. The fourth-order valence-corrected chi connectivity index (χ4v) is 3.12. The number of ether oxygens (including phenoxy) is 2. The van der Waals surface area contributed by atoms with Gasteiger partial charge in [0.2, 0.25) is 0 Å². The molecule has 0 saturated heterocycles. The number of hydrogen-bond donors (Lipinski definition) is 1. The van der Waals surface area contributed by atoms with Gasteiger partial charge < -0.3 is 14.6 Å². The standard InChI is InChI=1S/C15H22O3.C12H18O.C2H6/c1-5-7-13-8-12(4)14(9-11(13)3)18-10-15(16)17-6-2;1-9(2)10(3)8-11-4-6-12(13)7-5-11;1-2/h8-9H,5-7,10H2,1-4H3;4-7,9-10,13H,8H2,1-3H3;1-2H3. The van der Waals surface area contributed by atoms with E-state index in [0.717, 1.165) is 30.6 Å². The van der Waals surface area contributed by atoms with Crippen molar-refractivity contribution in [2.45, 2.75) is 81.6 Å². The second-order valence-electron chi connectivity index (χ2n) is 8.48. The minimum atomic E-state index is -0.327. The van der Waals surface area contributed by atoms with Crippen LogP contribution in [0, 0.1) is 25.7 Å². The van der Waals surface area contributed by atoms with Gasteiger partial charge in [-0.2, -0.15) is 0 Å². The molecule has 4 nitrogen and oxygen atoms in total. The van der Waals surface area contributed by atoms with Gasteiger partial charge in [-0.1, -0.05) is 66.2 Å². The number of carbonyl (C=O) groups is 1. The summed E-state index contributed by atoms with van der Waals surface area (Å²) in [6.07, 6.45) is 3.30. The molecule has 0 aliphatic carbocycles. The number of benzene rings is 2. The van der Waals surface area contributed by atoms with Crippen LogP contribution in [-0.4, -0.2) is 24.3 Å². The number of aryl methyl sites for hydroxylation is 3. The molecule has 186 valence electrons. The molecular formula is C29H46O4. The molecule has 2 aromatic carbocycles. The molecule has 1 N–H and O–H groups in total. The van der Waals surface area contributed by atoms with E-state index in [0.29, 0.717) is 24.2 Å². The lowest BCUT2D eigenvalue weighted by Crippen LogP contribution is -2.15. The molecule has 0 spiro atoms. The fourth-order valence-electron chi connectivity index (χ4n) is 3.12. The number of carbonyl (C=O) groups excluding carboxylic acids is 1. The van der Waals surface area contributed by atoms with Crippen molar-refractivity contribution in [1.82, 2.24) is 0 Å². The van der Waals surface area contributed by atoms with Crippen LogP contribution in [0.15, 0.2) is 36.4 Å². The van der Waals surface area contributed by atoms with Crippen LogP contribution in [0.3, 0.4) is 0 Å². The highest BCUT2D eigenvalue weighted by Gasteiger charge is 2.09. The monoisotopic (exact) mass is 458 g/mol. The van der Waals surface area contributed by atoms with Gasteiger partial charge in [-0.3, -0.25) is 0 Å². The third kappa shape index (κ3) is 12.4. The molecule has 0 aromatic heterocycles. The molecule has 2 aromatic rings. The summed E-state index contributed by atoms with van der Waals surface area (Å²) in [5, 5.41) is 9.10. The van der Waals surface area contributed by atoms with E-state index in [9.17, 15) is 4.79 Å². The number of rotatable bonds is 9. The van der Waals surface area contributed by atoms with Crippen LogP contribution in [0.4, 0.5) is 0 Å². The van der Waals surface area contributed by atoms with Crippen molar-refractivity contribution in [2.75, 3.05) is 13.2 Å². The molecule has 0 aliphatic heterocycles. The van der Waals surface area contributed by atoms with Crippen LogP contribution in [0.25, 0.3) is 0 Å². The number of hydrogen-bond acceptors (Lipinski definition) is 4. The highest BCUT2D eigenvalue weighted by molar-refractivity contribution is 5.71. The summed E-state index contributed by atoms with van der Waals surface area (Å²) in [7, 11) is 0. The zero-order chi connectivity index (χ0) is 25.4. The van der Waals surface area contributed by atoms with Gasteiger partial charge >= 0.3 is 5.97 Å². The Hall–Kier alpha value is -2.49. The second kappa shape index (κ2) is 17.0. The predicted octanol–water partition coefficient (Wildman–Crippen LogP) is 7.45. The zero-order valence-electron chi connectivity index (χ0n) is 22.3. The SMILES string of the molecule is CC.CC(C)C(C)Cc1ccc(O)cc1.CCCc1cc(C)c(OCC(=O)OCC)cc1C. The first kappa shape index (κ1) is 30.5. The van der Waals surface area contributed by atoms with Gasteiger partial charge in [0, 0.05) is 0 Å². The summed E-state index contributed by atoms with van der Waals surface area (Å²) in [4.78, 5) is 11.2. The summed E-state index contributed by atoms with van der Waals surface area (Å²) in [6, 6.07) is 11.6. The zero-order valence-corrected chi connectivity index (χ0v) is 22.3. The lowest BCUT2D eigenvalue weighted by molar-refractivity contribution is -0.145. The van der Waals surface area contributed by atoms with Gasteiger partial charge in [-0.15, -0.1) is 0 Å². The van der Waals surface area contributed by atoms with Crippen molar-refractivity contribution in [3.8, 4) is 11.5 Å². The Morgan fingerprint density at radius 3 is 2.09 bits per heavy atom. The van der Waals surface area contributed by atoms with Crippen LogP contribution in [0.2, 0.25) is 0 Å². The second-order valence-corrected chi connectivity index (χ2v) is 8.48. The molecule has 0 saturated carbocycles. The van der Waals surface area contributed by atoms with E-state index in [4.69, 9.17) is 14.6 Å². The van der Waals surface area contributed by atoms with Crippen LogP contribution >= 0.6 is 0 Å². The Kier molecular flexibility index (Phi) is 15.8. The van der Waals surface area contributed by atoms with E-state index >= 15 is 0 Å². The molecule has 4 heteroatoms. The number of phenolic OH excluding ortho intramolecular Hbond substituents is 1. The molecule has 0 heterocycles. The first-order chi connectivity index (χ1) is 15.7. The molecule has 0 amide bonds. The molecule has 0 bridgehead atoms. The lowest BCUT2D eigenvalue weighted by Gasteiger charge is -2.15. The number of esters is 1. The van der Waals surface area contributed by atoms with Crippen LogP contribution < -0.4 is 4.74 Å². The molecule has 0 radical (unpaired) electrons. The summed E-state index contributed by atoms with van der Waals surface area (Å²) in [5.41, 5.74) is 4.92. The molecule has 0 fully saturated rings. The largest absolute Gasteiger partial charge is 0.508 e. The van der Waals surface area contributed by atoms with Gasteiger partial charge in [0.05, 0.1) is 6.61 Å². The van der Waals surface area contributed by atoms with Crippen molar-refractivity contribution >= 4 is 5.97 Å². The van der Waals surface area contributed by atoms with E-state index in [1.807, 2.05) is 39.0 Å². The van der Waals surface area contributed by atoms with Crippen molar-refractivity contribution in [1.29, 1.82) is 0 Å². The maximum absolute atomic E-state index is 11.2. The van der Waals surface area contributed by atoms with Crippen LogP contribution in [-0.2, 0) is 22.4 Å². The third-order valence-electron chi connectivity index (χ3n) is 5.44. The van der Waals surface area contributed by atoms with Gasteiger partial charge in [0.1, 0.15) is 11.5 Å². The Morgan fingerprint density at radius 1 is 0.970 bits per heavy atom. The van der Waals surface area contributed by atoms with Crippen molar-refractivity contribution < 1.29 is 19.4 Å². The van der Waals surface area contributed by atoms with E-state index in [1.54, 1.807) is 19.1 Å². The molecule has 0 aliphatic rings. The first-order valence-electron chi connectivity index (χ1n) is 12.3. The average molecular weight is 459 g/mol. The van der Waals surface area contributed by atoms with Gasteiger partial charge in [-0.05, 0) is 85.9 Å². The summed E-state index contributed by atoms with van der Waals surface area (Å²) < 4.78 is 10.3. The van der Waals surface area contributed by atoms with E-state index in [2.05, 4.69) is 40.7 Å². The number of phenols is 1. The minimum absolute atomic E-state index is 0.0265. The minimum Gasteiger partial charge on any atom is -0.508 e. The molecule has 2 rings (SSSR count). The van der Waals surface area contributed by atoms with Crippen molar-refractivity contribution in [2.24, 2.45) is 11.8 Å². The Labute approximate surface area is 202 Å². The average Bonchev–Trinajstić information content (AvgIpc) is 2.79. The Morgan fingerprint density at radius 2 is 1.58 bits per heavy atom. The van der Waals surface area contributed by atoms with Crippen LogP contribution in [0.1, 0.15) is 77.1 Å². The smallest absolute Gasteiger partial charge is 0.344 e. The summed E-state index contributed by atoms with van der Waals surface area (Å²) in [6.45, 7) is 19.1. The molecule has 33 heavy (non-hydrogen) atoms. The topological polar surface area (TPSA) is 55.8 Å². The van der Waals surface area contributed by atoms with E-state index in [1.165, 1.54) is 16.7 Å².